The molecule has 0 saturated heterocycles. The van der Waals surface area contributed by atoms with Gasteiger partial charge in [-0.3, -0.25) is 4.79 Å². The Morgan fingerprint density at radius 1 is 1.45 bits per heavy atom. The van der Waals surface area contributed by atoms with Crippen molar-refractivity contribution in [2.45, 2.75) is 25.3 Å². The van der Waals surface area contributed by atoms with Crippen LogP contribution in [0, 0.1) is 11.7 Å². The molecule has 1 aromatic heterocycles. The minimum Gasteiger partial charge on any atom is -0.464 e. The van der Waals surface area contributed by atoms with Crippen molar-refractivity contribution in [2.75, 3.05) is 6.61 Å². The smallest absolute Gasteiger partial charge is 0.255 e. The van der Waals surface area contributed by atoms with Gasteiger partial charge in [0.2, 0.25) is 0 Å². The van der Waals surface area contributed by atoms with Crippen molar-refractivity contribution in [3.05, 3.63) is 35.8 Å². The van der Waals surface area contributed by atoms with Gasteiger partial charge in [-0.2, -0.15) is 0 Å². The van der Waals surface area contributed by atoms with E-state index in [0.29, 0.717) is 11.0 Å². The highest BCUT2D eigenvalue weighted by atomic mass is 19.1. The van der Waals surface area contributed by atoms with E-state index in [1.54, 1.807) is 6.07 Å². The fraction of sp³-hybridized carbons (Fsp3) is 0.400. The van der Waals surface area contributed by atoms with Crippen molar-refractivity contribution in [1.29, 1.82) is 0 Å². The third-order valence-electron chi connectivity index (χ3n) is 3.97. The van der Waals surface area contributed by atoms with Crippen LogP contribution in [-0.4, -0.2) is 23.7 Å². The normalized spacial score (nSPS) is 22.3. The van der Waals surface area contributed by atoms with Crippen LogP contribution >= 0.6 is 0 Å². The molecule has 0 aliphatic heterocycles. The van der Waals surface area contributed by atoms with Gasteiger partial charge in [-0.05, 0) is 31.0 Å². The summed E-state index contributed by atoms with van der Waals surface area (Å²) in [5.74, 6) is -0.733. The van der Waals surface area contributed by atoms with Gasteiger partial charge in [-0.1, -0.05) is 6.42 Å². The van der Waals surface area contributed by atoms with Crippen molar-refractivity contribution in [1.82, 2.24) is 5.32 Å². The number of carbonyl (C=O) groups excluding carboxylic acids is 1. The molecule has 0 unspecified atom stereocenters. The average molecular weight is 277 g/mol. The van der Waals surface area contributed by atoms with Crippen molar-refractivity contribution >= 4 is 16.9 Å². The zero-order chi connectivity index (χ0) is 14.1. The highest BCUT2D eigenvalue weighted by Crippen LogP contribution is 2.27. The van der Waals surface area contributed by atoms with Crippen molar-refractivity contribution in [3.63, 3.8) is 0 Å². The van der Waals surface area contributed by atoms with Crippen LogP contribution in [0.25, 0.3) is 11.0 Å². The quantitative estimate of drug-likeness (QED) is 0.906. The van der Waals surface area contributed by atoms with Crippen LogP contribution in [0.1, 0.15) is 29.6 Å². The van der Waals surface area contributed by atoms with Crippen LogP contribution in [0.2, 0.25) is 0 Å². The first-order valence-corrected chi connectivity index (χ1v) is 6.77. The van der Waals surface area contributed by atoms with Gasteiger partial charge in [0.1, 0.15) is 11.4 Å². The molecule has 1 aromatic carbocycles. The number of furan rings is 1. The highest BCUT2D eigenvalue weighted by Gasteiger charge is 2.29. The first-order valence-electron chi connectivity index (χ1n) is 6.77. The third kappa shape index (κ3) is 2.29. The van der Waals surface area contributed by atoms with Gasteiger partial charge in [-0.25, -0.2) is 4.39 Å². The second-order valence-electron chi connectivity index (χ2n) is 5.25. The molecule has 0 bridgehead atoms. The Morgan fingerprint density at radius 3 is 3.10 bits per heavy atom. The summed E-state index contributed by atoms with van der Waals surface area (Å²) >= 11 is 0. The molecule has 1 fully saturated rings. The van der Waals surface area contributed by atoms with E-state index in [2.05, 4.69) is 5.32 Å². The lowest BCUT2D eigenvalue weighted by Gasteiger charge is -2.19. The fourth-order valence-corrected chi connectivity index (χ4v) is 2.91. The van der Waals surface area contributed by atoms with Crippen molar-refractivity contribution in [3.8, 4) is 0 Å². The summed E-state index contributed by atoms with van der Waals surface area (Å²) in [5, 5.41) is 12.7. The number of amides is 1. The average Bonchev–Trinajstić information content (AvgIpc) is 3.05. The number of halogens is 1. The standard InChI is InChI=1S/C15H16FNO3/c16-11-6-9-4-5-20-14(9)12(7-11)15(19)17-13-3-1-2-10(13)8-18/h4-7,10,13,18H,1-3,8H2,(H,17,19)/t10-,13-/m0/s1. The van der Waals surface area contributed by atoms with Gasteiger partial charge in [0.15, 0.2) is 0 Å². The maximum atomic E-state index is 13.5. The molecule has 1 aliphatic carbocycles. The predicted octanol–water partition coefficient (Wildman–Crippen LogP) is 2.46. The summed E-state index contributed by atoms with van der Waals surface area (Å²) < 4.78 is 18.8. The molecule has 0 radical (unpaired) electrons. The summed E-state index contributed by atoms with van der Waals surface area (Å²) in [6.45, 7) is 0.0598. The molecule has 2 aromatic rings. The van der Waals surface area contributed by atoms with E-state index in [4.69, 9.17) is 4.42 Å². The summed E-state index contributed by atoms with van der Waals surface area (Å²) in [5.41, 5.74) is 0.594. The van der Waals surface area contributed by atoms with Gasteiger partial charge in [0, 0.05) is 24.0 Å². The van der Waals surface area contributed by atoms with Crippen LogP contribution in [-0.2, 0) is 0 Å². The summed E-state index contributed by atoms with van der Waals surface area (Å²) in [6.07, 6.45) is 4.16. The van der Waals surface area contributed by atoms with Crippen LogP contribution in [0.4, 0.5) is 4.39 Å². The Balaban J connectivity index is 1.87. The summed E-state index contributed by atoms with van der Waals surface area (Å²) in [4.78, 5) is 12.3. The Morgan fingerprint density at radius 2 is 2.30 bits per heavy atom. The lowest BCUT2D eigenvalue weighted by molar-refractivity contribution is 0.0916. The molecule has 0 spiro atoms. The SMILES string of the molecule is O=C(N[C@H]1CCC[C@H]1CO)c1cc(F)cc2ccoc12. The molecule has 3 rings (SSSR count). The molecular weight excluding hydrogens is 261 g/mol. The van der Waals surface area contributed by atoms with Gasteiger partial charge in [-0.15, -0.1) is 0 Å². The molecule has 2 atom stereocenters. The first-order chi connectivity index (χ1) is 9.69. The zero-order valence-corrected chi connectivity index (χ0v) is 10.9. The van der Waals surface area contributed by atoms with Crippen LogP contribution in [0.3, 0.4) is 0 Å². The first kappa shape index (κ1) is 13.1. The molecule has 1 amide bonds. The minimum atomic E-state index is -0.464. The van der Waals surface area contributed by atoms with Crippen molar-refractivity contribution in [2.24, 2.45) is 5.92 Å². The van der Waals surface area contributed by atoms with E-state index in [1.807, 2.05) is 0 Å². The summed E-state index contributed by atoms with van der Waals surface area (Å²) in [6, 6.07) is 4.09. The number of nitrogens with one attached hydrogen (secondary N) is 1. The number of carbonyl (C=O) groups is 1. The summed E-state index contributed by atoms with van der Waals surface area (Å²) in [7, 11) is 0. The predicted molar refractivity (Wildman–Crippen MR) is 71.9 cm³/mol. The van der Waals surface area contributed by atoms with E-state index in [0.717, 1.165) is 19.3 Å². The molecule has 1 heterocycles. The Bertz CT molecular complexity index is 637. The Hall–Kier alpha value is -1.88. The molecule has 1 aliphatic rings. The monoisotopic (exact) mass is 277 g/mol. The van der Waals surface area contributed by atoms with Gasteiger partial charge in [0.05, 0.1) is 11.8 Å². The second kappa shape index (κ2) is 5.25. The minimum absolute atomic E-state index is 0.0548. The molecule has 106 valence electrons. The molecule has 2 N–H and O–H groups in total. The highest BCUT2D eigenvalue weighted by molar-refractivity contribution is 6.05. The fourth-order valence-electron chi connectivity index (χ4n) is 2.91. The van der Waals surface area contributed by atoms with Gasteiger partial charge < -0.3 is 14.8 Å². The van der Waals surface area contributed by atoms with Crippen LogP contribution < -0.4 is 5.32 Å². The van der Waals surface area contributed by atoms with Gasteiger partial charge >= 0.3 is 0 Å². The van der Waals surface area contributed by atoms with E-state index in [9.17, 15) is 14.3 Å². The van der Waals surface area contributed by atoms with Crippen molar-refractivity contribution < 1.29 is 18.7 Å². The molecule has 1 saturated carbocycles. The maximum Gasteiger partial charge on any atom is 0.255 e. The molecule has 4 nitrogen and oxygen atoms in total. The Kier molecular flexibility index (Phi) is 3.44. The number of aliphatic hydroxyl groups is 1. The molecular formula is C15H16FNO3. The molecule has 20 heavy (non-hydrogen) atoms. The lowest BCUT2D eigenvalue weighted by atomic mass is 10.0. The maximum absolute atomic E-state index is 13.5. The van der Waals surface area contributed by atoms with Crippen LogP contribution in [0.5, 0.6) is 0 Å². The third-order valence-corrected chi connectivity index (χ3v) is 3.97. The number of rotatable bonds is 3. The number of hydrogen-bond acceptors (Lipinski definition) is 3. The van der Waals surface area contributed by atoms with E-state index >= 15 is 0 Å². The van der Waals surface area contributed by atoms with E-state index in [-0.39, 0.29) is 30.0 Å². The largest absolute Gasteiger partial charge is 0.464 e. The number of aliphatic hydroxyl groups excluding tert-OH is 1. The molecule has 5 heteroatoms. The lowest BCUT2D eigenvalue weighted by Crippen LogP contribution is -2.38. The second-order valence-corrected chi connectivity index (χ2v) is 5.25. The van der Waals surface area contributed by atoms with Crippen LogP contribution in [0.15, 0.2) is 28.9 Å². The van der Waals surface area contributed by atoms with E-state index in [1.165, 1.54) is 18.4 Å². The number of fused-ring (bicyclic) bond motifs is 1. The topological polar surface area (TPSA) is 62.5 Å². The number of hydrogen-bond donors (Lipinski definition) is 2. The van der Waals surface area contributed by atoms with Gasteiger partial charge in [0.25, 0.3) is 5.91 Å². The zero-order valence-electron chi connectivity index (χ0n) is 10.9. The number of benzene rings is 1. The van der Waals surface area contributed by atoms with E-state index < -0.39 is 5.82 Å². The Labute approximate surface area is 115 Å².